The number of rotatable bonds is 3. The molecule has 3 rings (SSSR count). The van der Waals surface area contributed by atoms with Gasteiger partial charge in [0.05, 0.1) is 0 Å². The summed E-state index contributed by atoms with van der Waals surface area (Å²) in [4.78, 5) is 0.817. The molecule has 2 aromatic carbocycles. The highest BCUT2D eigenvalue weighted by Crippen LogP contribution is 2.38. The lowest BCUT2D eigenvalue weighted by molar-refractivity contribution is 0.444. The minimum Gasteiger partial charge on any atom is -0.303 e. The van der Waals surface area contributed by atoms with Crippen molar-refractivity contribution < 1.29 is 4.39 Å². The van der Waals surface area contributed by atoms with E-state index in [1.165, 1.54) is 11.1 Å². The van der Waals surface area contributed by atoms with Gasteiger partial charge >= 0.3 is 0 Å². The van der Waals surface area contributed by atoms with Crippen LogP contribution in [0.5, 0.6) is 0 Å². The normalized spacial score (nSPS) is 19.1. The minimum absolute atomic E-state index is 0.0908. The van der Waals surface area contributed by atoms with Crippen molar-refractivity contribution in [2.75, 3.05) is 5.75 Å². The average molecular weight is 301 g/mol. The van der Waals surface area contributed by atoms with E-state index in [0.717, 1.165) is 22.6 Å². The molecule has 0 bridgehead atoms. The predicted octanol–water partition coefficient (Wildman–Crippen LogP) is 5.02. The van der Waals surface area contributed by atoms with Gasteiger partial charge in [0.1, 0.15) is 5.82 Å². The summed E-state index contributed by atoms with van der Waals surface area (Å²) in [5.74, 6) is 0.874. The molecule has 0 radical (unpaired) electrons. The van der Waals surface area contributed by atoms with Crippen LogP contribution in [0.25, 0.3) is 0 Å². The first-order chi connectivity index (χ1) is 10.1. The van der Waals surface area contributed by atoms with Crippen molar-refractivity contribution >= 4 is 11.8 Å². The first-order valence-corrected chi connectivity index (χ1v) is 8.37. The van der Waals surface area contributed by atoms with Gasteiger partial charge in [-0.1, -0.05) is 42.0 Å². The summed E-state index contributed by atoms with van der Waals surface area (Å²) in [5.41, 5.74) is 3.65. The van der Waals surface area contributed by atoms with E-state index in [0.29, 0.717) is 0 Å². The van der Waals surface area contributed by atoms with Crippen LogP contribution in [0.1, 0.15) is 42.1 Å². The molecule has 2 aromatic rings. The second-order valence-electron chi connectivity index (χ2n) is 5.65. The van der Waals surface area contributed by atoms with E-state index in [2.05, 4.69) is 43.4 Å². The van der Waals surface area contributed by atoms with E-state index < -0.39 is 0 Å². The number of fused-ring (bicyclic) bond motifs is 1. The summed E-state index contributed by atoms with van der Waals surface area (Å²) in [7, 11) is 0. The SMILES string of the molecule is Cc1ccc(C(C)NC2CCSc3c(F)cccc32)cc1. The zero-order valence-electron chi connectivity index (χ0n) is 12.4. The zero-order valence-corrected chi connectivity index (χ0v) is 13.2. The van der Waals surface area contributed by atoms with Crippen LogP contribution in [0, 0.1) is 12.7 Å². The van der Waals surface area contributed by atoms with Crippen LogP contribution in [0.4, 0.5) is 4.39 Å². The fourth-order valence-corrected chi connectivity index (χ4v) is 3.95. The highest BCUT2D eigenvalue weighted by molar-refractivity contribution is 7.99. The van der Waals surface area contributed by atoms with E-state index in [1.54, 1.807) is 17.8 Å². The van der Waals surface area contributed by atoms with Crippen molar-refractivity contribution in [2.24, 2.45) is 0 Å². The van der Waals surface area contributed by atoms with Crippen LogP contribution in [0.3, 0.4) is 0 Å². The summed E-state index contributed by atoms with van der Waals surface area (Å²) < 4.78 is 13.9. The van der Waals surface area contributed by atoms with Crippen molar-refractivity contribution in [3.63, 3.8) is 0 Å². The Morgan fingerprint density at radius 1 is 1.19 bits per heavy atom. The van der Waals surface area contributed by atoms with Gasteiger partial charge in [0.2, 0.25) is 0 Å². The number of hydrogen-bond acceptors (Lipinski definition) is 2. The molecule has 1 N–H and O–H groups in total. The molecular weight excluding hydrogens is 281 g/mol. The molecule has 1 heterocycles. The largest absolute Gasteiger partial charge is 0.303 e. The third-order valence-corrected chi connectivity index (χ3v) is 5.21. The lowest BCUT2D eigenvalue weighted by atomic mass is 10.00. The quantitative estimate of drug-likeness (QED) is 0.854. The maximum Gasteiger partial charge on any atom is 0.137 e. The smallest absolute Gasteiger partial charge is 0.137 e. The van der Waals surface area contributed by atoms with Crippen LogP contribution in [-0.4, -0.2) is 5.75 Å². The van der Waals surface area contributed by atoms with Gasteiger partial charge < -0.3 is 5.32 Å². The summed E-state index contributed by atoms with van der Waals surface area (Å²) >= 11 is 1.63. The summed E-state index contributed by atoms with van der Waals surface area (Å²) in [6.45, 7) is 4.27. The molecule has 1 nitrogen and oxygen atoms in total. The number of halogens is 1. The van der Waals surface area contributed by atoms with Crippen molar-refractivity contribution in [1.82, 2.24) is 5.32 Å². The fraction of sp³-hybridized carbons (Fsp3) is 0.333. The number of nitrogens with one attached hydrogen (secondary N) is 1. The van der Waals surface area contributed by atoms with Crippen LogP contribution in [-0.2, 0) is 0 Å². The topological polar surface area (TPSA) is 12.0 Å². The van der Waals surface area contributed by atoms with Gasteiger partial charge in [0, 0.05) is 17.0 Å². The van der Waals surface area contributed by atoms with E-state index >= 15 is 0 Å². The number of hydrogen-bond donors (Lipinski definition) is 1. The Hall–Kier alpha value is -1.32. The molecule has 110 valence electrons. The van der Waals surface area contributed by atoms with Crippen molar-refractivity contribution in [2.45, 2.75) is 37.2 Å². The molecule has 0 aliphatic carbocycles. The van der Waals surface area contributed by atoms with Gasteiger partial charge in [-0.05, 0) is 43.2 Å². The van der Waals surface area contributed by atoms with Crippen LogP contribution in [0.2, 0.25) is 0 Å². The Morgan fingerprint density at radius 2 is 1.95 bits per heavy atom. The van der Waals surface area contributed by atoms with Gasteiger partial charge in [-0.3, -0.25) is 0 Å². The van der Waals surface area contributed by atoms with E-state index in [4.69, 9.17) is 0 Å². The van der Waals surface area contributed by atoms with Crippen molar-refractivity contribution in [1.29, 1.82) is 0 Å². The monoisotopic (exact) mass is 301 g/mol. The average Bonchev–Trinajstić information content (AvgIpc) is 2.49. The van der Waals surface area contributed by atoms with Gasteiger partial charge in [-0.2, -0.15) is 0 Å². The third kappa shape index (κ3) is 3.14. The summed E-state index contributed by atoms with van der Waals surface area (Å²) in [5, 5.41) is 3.66. The second-order valence-corrected chi connectivity index (χ2v) is 6.75. The van der Waals surface area contributed by atoms with Crippen LogP contribution >= 0.6 is 11.8 Å². The van der Waals surface area contributed by atoms with E-state index in [1.807, 2.05) is 12.1 Å². The molecule has 3 heteroatoms. The Balaban J connectivity index is 1.80. The molecule has 21 heavy (non-hydrogen) atoms. The maximum atomic E-state index is 13.9. The van der Waals surface area contributed by atoms with Gasteiger partial charge in [-0.15, -0.1) is 11.8 Å². The number of benzene rings is 2. The second kappa shape index (κ2) is 6.20. The molecule has 0 amide bonds. The maximum absolute atomic E-state index is 13.9. The minimum atomic E-state index is -0.0908. The highest BCUT2D eigenvalue weighted by Gasteiger charge is 2.24. The molecule has 2 atom stereocenters. The van der Waals surface area contributed by atoms with Crippen molar-refractivity contribution in [3.8, 4) is 0 Å². The predicted molar refractivity (Wildman–Crippen MR) is 87.2 cm³/mol. The lowest BCUT2D eigenvalue weighted by Gasteiger charge is -2.29. The molecule has 1 aliphatic heterocycles. The number of thioether (sulfide) groups is 1. The fourth-order valence-electron chi connectivity index (χ4n) is 2.81. The Kier molecular flexibility index (Phi) is 4.32. The number of aryl methyl sites for hydroxylation is 1. The lowest BCUT2D eigenvalue weighted by Crippen LogP contribution is -2.27. The molecule has 0 fully saturated rings. The van der Waals surface area contributed by atoms with Gasteiger partial charge in [0.15, 0.2) is 0 Å². The molecular formula is C18H20FNS. The third-order valence-electron chi connectivity index (χ3n) is 4.05. The van der Waals surface area contributed by atoms with E-state index in [-0.39, 0.29) is 17.9 Å². The first-order valence-electron chi connectivity index (χ1n) is 7.39. The molecule has 0 saturated carbocycles. The van der Waals surface area contributed by atoms with Crippen LogP contribution < -0.4 is 5.32 Å². The summed E-state index contributed by atoms with van der Waals surface area (Å²) in [6.07, 6.45) is 1.04. The molecule has 0 spiro atoms. The molecule has 1 aliphatic rings. The van der Waals surface area contributed by atoms with Gasteiger partial charge in [0.25, 0.3) is 0 Å². The highest BCUT2D eigenvalue weighted by atomic mass is 32.2. The molecule has 0 aromatic heterocycles. The Labute approximate surface area is 130 Å². The Bertz CT molecular complexity index is 624. The first kappa shape index (κ1) is 14.6. The van der Waals surface area contributed by atoms with Gasteiger partial charge in [-0.25, -0.2) is 4.39 Å². The van der Waals surface area contributed by atoms with Crippen LogP contribution in [0.15, 0.2) is 47.4 Å². The summed E-state index contributed by atoms with van der Waals surface area (Å²) in [6, 6.07) is 14.5. The standard InChI is InChI=1S/C18H20FNS/c1-12-6-8-14(9-7-12)13(2)20-17-10-11-21-18-15(17)4-3-5-16(18)19/h3-9,13,17,20H,10-11H2,1-2H3. The Morgan fingerprint density at radius 3 is 2.71 bits per heavy atom. The molecule has 0 saturated heterocycles. The zero-order chi connectivity index (χ0) is 14.8. The van der Waals surface area contributed by atoms with Crippen molar-refractivity contribution in [3.05, 3.63) is 65.0 Å². The molecule has 2 unspecified atom stereocenters. The van der Waals surface area contributed by atoms with E-state index in [9.17, 15) is 4.39 Å².